The van der Waals surface area contributed by atoms with Gasteiger partial charge >= 0.3 is 5.97 Å². The Hall–Kier alpha value is -4.76. The summed E-state index contributed by atoms with van der Waals surface area (Å²) in [6, 6.07) is 23.3. The number of rotatable bonds is 6. The molecule has 5 rings (SSSR count). The van der Waals surface area contributed by atoms with Gasteiger partial charge in [-0.25, -0.2) is 13.2 Å². The van der Waals surface area contributed by atoms with Gasteiger partial charge in [-0.2, -0.15) is 0 Å². The third-order valence-corrected chi connectivity index (χ3v) is 8.20. The van der Waals surface area contributed by atoms with Crippen molar-refractivity contribution < 1.29 is 32.3 Å². The molecular formula is C30H23NO7S. The first-order chi connectivity index (χ1) is 18.7. The highest BCUT2D eigenvalue weighted by Crippen LogP contribution is 2.35. The van der Waals surface area contributed by atoms with E-state index in [4.69, 9.17) is 9.47 Å². The van der Waals surface area contributed by atoms with Crippen LogP contribution in [-0.2, 0) is 19.4 Å². The van der Waals surface area contributed by atoms with E-state index in [2.05, 4.69) is 5.32 Å². The molecule has 4 aromatic rings. The SMILES string of the molecule is COc1ccc(C)cc1NC(=O)C(OC(=O)c1ccc2c(c1)S(=O)(=O)c1ccccc1C2=O)c1ccccc1. The number of ether oxygens (including phenoxy) is 2. The molecule has 1 aliphatic rings. The Morgan fingerprint density at radius 3 is 2.26 bits per heavy atom. The monoisotopic (exact) mass is 541 g/mol. The van der Waals surface area contributed by atoms with Crippen molar-refractivity contribution in [3.8, 4) is 5.75 Å². The number of carbonyl (C=O) groups excluding carboxylic acids is 3. The number of ketones is 1. The first-order valence-corrected chi connectivity index (χ1v) is 13.4. The summed E-state index contributed by atoms with van der Waals surface area (Å²) in [6.45, 7) is 1.86. The predicted molar refractivity (Wildman–Crippen MR) is 143 cm³/mol. The molecular weight excluding hydrogens is 518 g/mol. The van der Waals surface area contributed by atoms with Gasteiger partial charge in [0.05, 0.1) is 28.2 Å². The lowest BCUT2D eigenvalue weighted by molar-refractivity contribution is -0.125. The number of amides is 1. The number of fused-ring (bicyclic) bond motifs is 2. The second-order valence-electron chi connectivity index (χ2n) is 8.93. The lowest BCUT2D eigenvalue weighted by Crippen LogP contribution is -2.26. The number of hydrogen-bond donors (Lipinski definition) is 1. The van der Waals surface area contributed by atoms with Crippen molar-refractivity contribution in [2.45, 2.75) is 22.8 Å². The number of aryl methyl sites for hydroxylation is 1. The fourth-order valence-electron chi connectivity index (χ4n) is 4.40. The number of carbonyl (C=O) groups is 3. The fraction of sp³-hybridized carbons (Fsp3) is 0.100. The lowest BCUT2D eigenvalue weighted by Gasteiger charge is -2.21. The van der Waals surface area contributed by atoms with Crippen LogP contribution in [-0.4, -0.2) is 33.2 Å². The third-order valence-electron chi connectivity index (χ3n) is 6.35. The van der Waals surface area contributed by atoms with Crippen LogP contribution in [0.15, 0.2) is 101 Å². The molecule has 8 nitrogen and oxygen atoms in total. The highest BCUT2D eigenvalue weighted by molar-refractivity contribution is 7.91. The number of nitrogens with one attached hydrogen (secondary N) is 1. The van der Waals surface area contributed by atoms with Crippen LogP contribution in [0, 0.1) is 6.92 Å². The molecule has 4 aromatic carbocycles. The molecule has 1 heterocycles. The van der Waals surface area contributed by atoms with Crippen LogP contribution in [0.3, 0.4) is 0 Å². The summed E-state index contributed by atoms with van der Waals surface area (Å²) >= 11 is 0. The van der Waals surface area contributed by atoms with Crippen LogP contribution in [0.5, 0.6) is 5.75 Å². The summed E-state index contributed by atoms with van der Waals surface area (Å²) in [5.41, 5.74) is 1.61. The van der Waals surface area contributed by atoms with Gasteiger partial charge in [0.15, 0.2) is 5.78 Å². The van der Waals surface area contributed by atoms with Gasteiger partial charge in [-0.15, -0.1) is 0 Å². The third kappa shape index (κ3) is 4.80. The van der Waals surface area contributed by atoms with Gasteiger partial charge in [0.1, 0.15) is 5.75 Å². The molecule has 1 N–H and O–H groups in total. The van der Waals surface area contributed by atoms with E-state index < -0.39 is 33.6 Å². The average molecular weight is 542 g/mol. The maximum atomic E-state index is 13.4. The van der Waals surface area contributed by atoms with Crippen molar-refractivity contribution >= 4 is 33.2 Å². The maximum absolute atomic E-state index is 13.4. The van der Waals surface area contributed by atoms with E-state index in [1.807, 2.05) is 13.0 Å². The molecule has 39 heavy (non-hydrogen) atoms. The molecule has 0 spiro atoms. The normalized spacial score (nSPS) is 13.9. The number of anilines is 1. The number of esters is 1. The van der Waals surface area contributed by atoms with Gasteiger partial charge in [-0.3, -0.25) is 9.59 Å². The van der Waals surface area contributed by atoms with Crippen molar-refractivity contribution in [3.05, 3.63) is 119 Å². The fourth-order valence-corrected chi connectivity index (χ4v) is 6.08. The molecule has 196 valence electrons. The van der Waals surface area contributed by atoms with Crippen LogP contribution in [0.25, 0.3) is 0 Å². The van der Waals surface area contributed by atoms with Gasteiger partial charge < -0.3 is 14.8 Å². The number of methoxy groups -OCH3 is 1. The van der Waals surface area contributed by atoms with E-state index in [1.54, 1.807) is 48.5 Å². The molecule has 1 atom stereocenters. The molecule has 0 saturated heterocycles. The number of benzene rings is 4. The Balaban J connectivity index is 1.48. The standard InChI is InChI=1S/C30H23NO7S/c1-18-12-15-24(37-2)23(16-18)31-29(33)28(19-8-4-3-5-9-19)38-30(34)20-13-14-22-26(17-20)39(35,36)25-11-7-6-10-21(25)27(22)32/h3-17,28H,1-2H3,(H,31,33). The van der Waals surface area contributed by atoms with Gasteiger partial charge in [0.25, 0.3) is 5.91 Å². The summed E-state index contributed by atoms with van der Waals surface area (Å²) in [7, 11) is -2.59. The largest absolute Gasteiger partial charge is 0.495 e. The van der Waals surface area contributed by atoms with Gasteiger partial charge in [-0.1, -0.05) is 48.5 Å². The minimum atomic E-state index is -4.06. The van der Waals surface area contributed by atoms with Gasteiger partial charge in [-0.05, 0) is 55.0 Å². The zero-order valence-corrected chi connectivity index (χ0v) is 21.8. The van der Waals surface area contributed by atoms with Crippen LogP contribution < -0.4 is 10.1 Å². The van der Waals surface area contributed by atoms with E-state index >= 15 is 0 Å². The van der Waals surface area contributed by atoms with Crippen molar-refractivity contribution in [2.24, 2.45) is 0 Å². The number of sulfone groups is 1. The van der Waals surface area contributed by atoms with Crippen LogP contribution in [0.2, 0.25) is 0 Å². The van der Waals surface area contributed by atoms with Crippen molar-refractivity contribution in [1.29, 1.82) is 0 Å². The Morgan fingerprint density at radius 1 is 0.821 bits per heavy atom. The second-order valence-corrected chi connectivity index (χ2v) is 10.8. The van der Waals surface area contributed by atoms with E-state index in [0.717, 1.165) is 11.6 Å². The van der Waals surface area contributed by atoms with Crippen LogP contribution in [0.4, 0.5) is 5.69 Å². The summed E-state index contributed by atoms with van der Waals surface area (Å²) in [5, 5.41) is 2.76. The highest BCUT2D eigenvalue weighted by Gasteiger charge is 2.35. The molecule has 1 aliphatic heterocycles. The van der Waals surface area contributed by atoms with E-state index in [-0.39, 0.29) is 26.5 Å². The van der Waals surface area contributed by atoms with Crippen molar-refractivity contribution in [1.82, 2.24) is 0 Å². The molecule has 1 amide bonds. The van der Waals surface area contributed by atoms with Crippen LogP contribution in [0.1, 0.15) is 43.5 Å². The zero-order valence-electron chi connectivity index (χ0n) is 21.0. The minimum absolute atomic E-state index is 0.0332. The first kappa shape index (κ1) is 25.9. The van der Waals surface area contributed by atoms with E-state index in [9.17, 15) is 22.8 Å². The smallest absolute Gasteiger partial charge is 0.339 e. The molecule has 0 bridgehead atoms. The molecule has 0 aromatic heterocycles. The maximum Gasteiger partial charge on any atom is 0.339 e. The van der Waals surface area contributed by atoms with Gasteiger partial charge in [0, 0.05) is 16.7 Å². The van der Waals surface area contributed by atoms with E-state index in [1.165, 1.54) is 37.4 Å². The Bertz CT molecular complexity index is 1730. The molecule has 0 fully saturated rings. The highest BCUT2D eigenvalue weighted by atomic mass is 32.2. The quantitative estimate of drug-likeness (QED) is 0.304. The lowest BCUT2D eigenvalue weighted by atomic mass is 10.0. The summed E-state index contributed by atoms with van der Waals surface area (Å²) < 4.78 is 37.5. The first-order valence-electron chi connectivity index (χ1n) is 11.9. The van der Waals surface area contributed by atoms with Gasteiger partial charge in [0.2, 0.25) is 15.9 Å². The minimum Gasteiger partial charge on any atom is -0.495 e. The average Bonchev–Trinajstić information content (AvgIpc) is 2.95. The number of hydrogen-bond acceptors (Lipinski definition) is 7. The summed E-state index contributed by atoms with van der Waals surface area (Å²) in [4.78, 5) is 39.2. The molecule has 9 heteroatoms. The Kier molecular flexibility index (Phi) is 6.76. The molecule has 0 saturated carbocycles. The molecule has 1 unspecified atom stereocenters. The van der Waals surface area contributed by atoms with Crippen LogP contribution >= 0.6 is 0 Å². The summed E-state index contributed by atoms with van der Waals surface area (Å²) in [6.07, 6.45) is -1.36. The van der Waals surface area contributed by atoms with Crippen molar-refractivity contribution in [3.63, 3.8) is 0 Å². The van der Waals surface area contributed by atoms with Crippen molar-refractivity contribution in [2.75, 3.05) is 12.4 Å². The topological polar surface area (TPSA) is 116 Å². The molecule has 0 radical (unpaired) electrons. The Labute approximate surface area is 225 Å². The summed E-state index contributed by atoms with van der Waals surface area (Å²) in [5.74, 6) is -1.59. The van der Waals surface area contributed by atoms with E-state index in [0.29, 0.717) is 17.0 Å². The molecule has 0 aliphatic carbocycles. The predicted octanol–water partition coefficient (Wildman–Crippen LogP) is 4.92. The second kappa shape index (κ2) is 10.2. The zero-order chi connectivity index (χ0) is 27.7. The Morgan fingerprint density at radius 2 is 1.51 bits per heavy atom.